The summed E-state index contributed by atoms with van der Waals surface area (Å²) in [4.78, 5) is 3.80. The second-order valence-electron chi connectivity index (χ2n) is 2.21. The van der Waals surface area contributed by atoms with Crippen molar-refractivity contribution in [2.45, 2.75) is 13.3 Å². The molecule has 0 atom stereocenters. The molecule has 2 nitrogen and oxygen atoms in total. The van der Waals surface area contributed by atoms with Gasteiger partial charge in [0, 0.05) is 12.6 Å². The van der Waals surface area contributed by atoms with Gasteiger partial charge in [-0.25, -0.2) is 0 Å². The first kappa shape index (κ1) is 6.88. The van der Waals surface area contributed by atoms with E-state index in [0.29, 0.717) is 0 Å². The molecule has 0 saturated carbocycles. The lowest BCUT2D eigenvalue weighted by Crippen LogP contribution is -2.05. The number of hydrogen-bond donors (Lipinski definition) is 1. The average molecular weight is 134 g/mol. The van der Waals surface area contributed by atoms with E-state index in [9.17, 15) is 0 Å². The Kier molecular flexibility index (Phi) is 2.11. The molecule has 0 aromatic rings. The Morgan fingerprint density at radius 2 is 2.50 bits per heavy atom. The Balaban J connectivity index is 2.90. The third kappa shape index (κ3) is 1.38. The van der Waals surface area contributed by atoms with E-state index in [4.69, 9.17) is 0 Å². The van der Waals surface area contributed by atoms with Crippen molar-refractivity contribution in [3.63, 3.8) is 0 Å². The molecule has 0 aliphatic carbocycles. The first-order valence-corrected chi connectivity index (χ1v) is 3.25. The van der Waals surface area contributed by atoms with Crippen LogP contribution in [0.15, 0.2) is 16.3 Å². The molecule has 0 amide bonds. The lowest BCUT2D eigenvalue weighted by Gasteiger charge is -1.96. The molecular weight excluding hydrogens is 124 g/mol. The molecule has 52 valence electrons. The molecule has 0 saturated heterocycles. The highest BCUT2D eigenvalue weighted by atomic mass is 14.8. The summed E-state index contributed by atoms with van der Waals surface area (Å²) in [7, 11) is 0. The van der Waals surface area contributed by atoms with Crippen LogP contribution in [0.5, 0.6) is 0 Å². The van der Waals surface area contributed by atoms with Crippen molar-refractivity contribution in [3.05, 3.63) is 11.3 Å². The molecule has 0 unspecified atom stereocenters. The monoisotopic (exact) mass is 134 g/mol. The Bertz CT molecular complexity index is 227. The molecule has 0 aromatic heterocycles. The van der Waals surface area contributed by atoms with Crippen LogP contribution >= 0.6 is 0 Å². The van der Waals surface area contributed by atoms with Crippen LogP contribution in [0.1, 0.15) is 13.3 Å². The van der Waals surface area contributed by atoms with Crippen LogP contribution in [0.25, 0.3) is 0 Å². The summed E-state index contributed by atoms with van der Waals surface area (Å²) in [6.07, 6.45) is 0.994. The summed E-state index contributed by atoms with van der Waals surface area (Å²) in [5.74, 6) is 2.87. The van der Waals surface area contributed by atoms with Gasteiger partial charge in [-0.15, -0.1) is 0 Å². The molecule has 1 heterocycles. The molecule has 1 rings (SSSR count). The smallest absolute Gasteiger partial charge is 0.113 e. The van der Waals surface area contributed by atoms with E-state index in [2.05, 4.69) is 29.0 Å². The molecule has 2 heteroatoms. The highest BCUT2D eigenvalue weighted by molar-refractivity contribution is 5.40. The van der Waals surface area contributed by atoms with E-state index in [0.717, 1.165) is 18.7 Å². The second-order valence-corrected chi connectivity index (χ2v) is 2.21. The van der Waals surface area contributed by atoms with Gasteiger partial charge < -0.3 is 5.32 Å². The lowest BCUT2D eigenvalue weighted by atomic mass is 10.2. The van der Waals surface area contributed by atoms with Gasteiger partial charge in [0.2, 0.25) is 0 Å². The van der Waals surface area contributed by atoms with Gasteiger partial charge in [-0.05, 0) is 31.6 Å². The van der Waals surface area contributed by atoms with Crippen molar-refractivity contribution in [1.82, 2.24) is 5.32 Å². The Hall–Kier alpha value is -1.23. The third-order valence-corrected chi connectivity index (χ3v) is 1.46. The molecule has 0 fully saturated rings. The predicted octanol–water partition coefficient (Wildman–Crippen LogP) is 0.915. The van der Waals surface area contributed by atoms with Gasteiger partial charge in [0.15, 0.2) is 0 Å². The standard InChI is InChI=1S/C8H10N2/c1-7-3-5-10-6-4-8(7)9-2/h10H,2-3,5H2,1H3. The van der Waals surface area contributed by atoms with Crippen molar-refractivity contribution in [1.29, 1.82) is 0 Å². The van der Waals surface area contributed by atoms with Gasteiger partial charge >= 0.3 is 0 Å². The summed E-state index contributed by atoms with van der Waals surface area (Å²) >= 11 is 0. The van der Waals surface area contributed by atoms with Crippen molar-refractivity contribution < 1.29 is 0 Å². The van der Waals surface area contributed by atoms with Crippen molar-refractivity contribution in [2.75, 3.05) is 6.54 Å². The average Bonchev–Trinajstić information content (AvgIpc) is 2.13. The zero-order valence-corrected chi connectivity index (χ0v) is 6.07. The number of allylic oxidation sites excluding steroid dienone is 1. The Morgan fingerprint density at radius 1 is 1.70 bits per heavy atom. The third-order valence-electron chi connectivity index (χ3n) is 1.46. The molecule has 0 spiro atoms. The second kappa shape index (κ2) is 3.07. The maximum atomic E-state index is 3.80. The highest BCUT2D eigenvalue weighted by Crippen LogP contribution is 2.08. The van der Waals surface area contributed by atoms with Gasteiger partial charge in [0.05, 0.1) is 0 Å². The summed E-state index contributed by atoms with van der Waals surface area (Å²) in [6, 6.07) is 2.79. The van der Waals surface area contributed by atoms with Crippen LogP contribution in [0.2, 0.25) is 0 Å². The molecule has 0 radical (unpaired) electrons. The fourth-order valence-corrected chi connectivity index (χ4v) is 0.815. The molecule has 1 aliphatic rings. The van der Waals surface area contributed by atoms with E-state index >= 15 is 0 Å². The predicted molar refractivity (Wildman–Crippen MR) is 42.6 cm³/mol. The van der Waals surface area contributed by atoms with E-state index in [-0.39, 0.29) is 0 Å². The number of hydrogen-bond acceptors (Lipinski definition) is 2. The zero-order valence-electron chi connectivity index (χ0n) is 6.07. The molecule has 0 aromatic carbocycles. The number of nitrogens with zero attached hydrogens (tertiary/aromatic N) is 1. The van der Waals surface area contributed by atoms with E-state index < -0.39 is 0 Å². The molecule has 10 heavy (non-hydrogen) atoms. The fourth-order valence-electron chi connectivity index (χ4n) is 0.815. The number of nitrogens with one attached hydrogen (secondary N) is 1. The van der Waals surface area contributed by atoms with Crippen molar-refractivity contribution in [2.24, 2.45) is 4.99 Å². The topological polar surface area (TPSA) is 24.4 Å². The fraction of sp³-hybridized carbons (Fsp3) is 0.375. The van der Waals surface area contributed by atoms with E-state index in [1.165, 1.54) is 5.57 Å². The van der Waals surface area contributed by atoms with Crippen LogP contribution < -0.4 is 5.32 Å². The quantitative estimate of drug-likeness (QED) is 0.418. The minimum Gasteiger partial charge on any atom is -0.345 e. The summed E-state index contributed by atoms with van der Waals surface area (Å²) in [5.41, 5.74) is 2.04. The van der Waals surface area contributed by atoms with Gasteiger partial charge in [-0.1, -0.05) is 0 Å². The highest BCUT2D eigenvalue weighted by Gasteiger charge is 1.98. The van der Waals surface area contributed by atoms with Crippen LogP contribution in [0, 0.1) is 12.0 Å². The maximum absolute atomic E-state index is 3.80. The van der Waals surface area contributed by atoms with Gasteiger partial charge in [0.25, 0.3) is 0 Å². The minimum atomic E-state index is 0.824. The van der Waals surface area contributed by atoms with Crippen LogP contribution in [-0.2, 0) is 0 Å². The van der Waals surface area contributed by atoms with Gasteiger partial charge in [-0.2, -0.15) is 0 Å². The summed E-state index contributed by atoms with van der Waals surface area (Å²) in [5, 5.41) is 2.95. The molecule has 1 aliphatic heterocycles. The lowest BCUT2D eigenvalue weighted by molar-refractivity contribution is 0.847. The number of rotatable bonds is 1. The van der Waals surface area contributed by atoms with Gasteiger partial charge in [0.1, 0.15) is 5.70 Å². The van der Waals surface area contributed by atoms with E-state index in [1.807, 2.05) is 6.92 Å². The first-order chi connectivity index (χ1) is 4.84. The maximum Gasteiger partial charge on any atom is 0.113 e. The molecule has 0 bridgehead atoms. The summed E-state index contributed by atoms with van der Waals surface area (Å²) < 4.78 is 0. The Labute approximate surface area is 61.0 Å². The van der Waals surface area contributed by atoms with Crippen molar-refractivity contribution in [3.8, 4) is 12.0 Å². The van der Waals surface area contributed by atoms with Crippen molar-refractivity contribution >= 4 is 6.72 Å². The SMILES string of the molecule is C=NC1=C(C)CCNC#C1. The minimum absolute atomic E-state index is 0.824. The zero-order chi connectivity index (χ0) is 7.40. The van der Waals surface area contributed by atoms with Crippen LogP contribution in [-0.4, -0.2) is 13.3 Å². The largest absolute Gasteiger partial charge is 0.345 e. The summed E-state index contributed by atoms with van der Waals surface area (Å²) in [6.45, 7) is 6.39. The van der Waals surface area contributed by atoms with E-state index in [1.54, 1.807) is 0 Å². The normalized spacial score (nSPS) is 16.5. The number of aliphatic imine (C=N–C) groups is 1. The Morgan fingerprint density at radius 3 is 3.20 bits per heavy atom. The molecular formula is C8H10N2. The van der Waals surface area contributed by atoms with Crippen LogP contribution in [0.4, 0.5) is 0 Å². The first-order valence-electron chi connectivity index (χ1n) is 3.25. The van der Waals surface area contributed by atoms with Gasteiger partial charge in [-0.3, -0.25) is 4.99 Å². The molecule has 1 N–H and O–H groups in total. The van der Waals surface area contributed by atoms with Crippen LogP contribution in [0.3, 0.4) is 0 Å².